The fourth-order valence-electron chi connectivity index (χ4n) is 1.98. The molecule has 0 aromatic heterocycles. The minimum absolute atomic E-state index is 0.253. The molecule has 1 aliphatic carbocycles. The van der Waals surface area contributed by atoms with Gasteiger partial charge in [-0.05, 0) is 25.7 Å². The second kappa shape index (κ2) is 3.32. The Bertz CT molecular complexity index is 253. The molecule has 1 rings (SSSR count). The Morgan fingerprint density at radius 3 is 2.23 bits per heavy atom. The summed E-state index contributed by atoms with van der Waals surface area (Å²) < 4.78 is 0. The lowest BCUT2D eigenvalue weighted by molar-refractivity contribution is 0.530. The van der Waals surface area contributed by atoms with Crippen LogP contribution in [0.25, 0.3) is 0 Å². The van der Waals surface area contributed by atoms with Crippen LogP contribution in [0.3, 0.4) is 0 Å². The second-order valence-electron chi connectivity index (χ2n) is 5.11. The molecule has 74 valence electrons. The predicted octanol–water partition coefficient (Wildman–Crippen LogP) is 4.19. The van der Waals surface area contributed by atoms with E-state index in [1.54, 1.807) is 0 Å². The molecular formula is C13H22. The number of hydrogen-bond acceptors (Lipinski definition) is 0. The maximum absolute atomic E-state index is 2.43. The molecule has 0 saturated heterocycles. The van der Waals surface area contributed by atoms with Crippen LogP contribution >= 0.6 is 0 Å². The molecule has 0 unspecified atom stereocenters. The highest BCUT2D eigenvalue weighted by atomic mass is 14.3. The summed E-state index contributed by atoms with van der Waals surface area (Å²) in [5, 5.41) is 0. The molecule has 0 heterocycles. The number of rotatable bonds is 0. The number of hydrogen-bond donors (Lipinski definition) is 0. The largest absolute Gasteiger partial charge is 0.0813 e. The fourth-order valence-corrected chi connectivity index (χ4v) is 1.98. The Morgan fingerprint density at radius 2 is 1.69 bits per heavy atom. The second-order valence-corrected chi connectivity index (χ2v) is 5.11. The van der Waals surface area contributed by atoms with Gasteiger partial charge in [-0.1, -0.05) is 51.0 Å². The minimum Gasteiger partial charge on any atom is -0.0813 e. The van der Waals surface area contributed by atoms with E-state index in [-0.39, 0.29) is 5.41 Å². The van der Waals surface area contributed by atoms with Crippen molar-refractivity contribution in [2.45, 2.75) is 41.5 Å². The standard InChI is InChI=1S/C13H22/c1-9-7-11(3)13(5,6)8-10(2)12(9)4/h7-9,12H,1-6H3/t9-,12-/m0/s1. The van der Waals surface area contributed by atoms with Crippen molar-refractivity contribution in [1.82, 2.24) is 0 Å². The summed E-state index contributed by atoms with van der Waals surface area (Å²) in [6, 6.07) is 0. The molecule has 0 nitrogen and oxygen atoms in total. The van der Waals surface area contributed by atoms with E-state index < -0.39 is 0 Å². The topological polar surface area (TPSA) is 0 Å². The van der Waals surface area contributed by atoms with Crippen LogP contribution in [0.2, 0.25) is 0 Å². The summed E-state index contributed by atoms with van der Waals surface area (Å²) in [4.78, 5) is 0. The van der Waals surface area contributed by atoms with Crippen LogP contribution in [0.4, 0.5) is 0 Å². The molecule has 0 aromatic carbocycles. The van der Waals surface area contributed by atoms with Gasteiger partial charge in [0.1, 0.15) is 0 Å². The van der Waals surface area contributed by atoms with E-state index in [4.69, 9.17) is 0 Å². The first-order valence-electron chi connectivity index (χ1n) is 5.23. The Hall–Kier alpha value is -0.520. The SMILES string of the molecule is CC1=CC(C)(C)C(C)=C[C@H](C)[C@@H]1C. The molecule has 0 bridgehead atoms. The average molecular weight is 178 g/mol. The fraction of sp³-hybridized carbons (Fsp3) is 0.692. The summed E-state index contributed by atoms with van der Waals surface area (Å²) >= 11 is 0. The lowest BCUT2D eigenvalue weighted by atomic mass is 9.84. The Kier molecular flexibility index (Phi) is 2.70. The molecule has 0 N–H and O–H groups in total. The molecule has 0 saturated carbocycles. The van der Waals surface area contributed by atoms with Crippen molar-refractivity contribution in [1.29, 1.82) is 0 Å². The first kappa shape index (κ1) is 10.6. The van der Waals surface area contributed by atoms with Crippen LogP contribution < -0.4 is 0 Å². The predicted molar refractivity (Wildman–Crippen MR) is 59.6 cm³/mol. The van der Waals surface area contributed by atoms with E-state index >= 15 is 0 Å². The highest BCUT2D eigenvalue weighted by Crippen LogP contribution is 2.37. The van der Waals surface area contributed by atoms with Gasteiger partial charge in [-0.3, -0.25) is 0 Å². The van der Waals surface area contributed by atoms with Gasteiger partial charge in [-0.25, -0.2) is 0 Å². The van der Waals surface area contributed by atoms with Crippen LogP contribution in [-0.2, 0) is 0 Å². The van der Waals surface area contributed by atoms with Crippen LogP contribution in [0.5, 0.6) is 0 Å². The zero-order valence-corrected chi connectivity index (χ0v) is 9.81. The third kappa shape index (κ3) is 2.04. The molecular weight excluding hydrogens is 156 g/mol. The van der Waals surface area contributed by atoms with Gasteiger partial charge in [0.2, 0.25) is 0 Å². The third-order valence-corrected chi connectivity index (χ3v) is 3.62. The molecule has 2 atom stereocenters. The maximum atomic E-state index is 2.43. The zero-order valence-electron chi connectivity index (χ0n) is 9.81. The van der Waals surface area contributed by atoms with Gasteiger partial charge in [0, 0.05) is 5.41 Å². The van der Waals surface area contributed by atoms with E-state index in [2.05, 4.69) is 53.7 Å². The molecule has 13 heavy (non-hydrogen) atoms. The Balaban J connectivity index is 3.13. The van der Waals surface area contributed by atoms with Gasteiger partial charge in [-0.15, -0.1) is 0 Å². The molecule has 0 fully saturated rings. The van der Waals surface area contributed by atoms with Crippen molar-refractivity contribution in [3.05, 3.63) is 23.3 Å². The third-order valence-electron chi connectivity index (χ3n) is 3.62. The molecule has 1 aliphatic rings. The highest BCUT2D eigenvalue weighted by Gasteiger charge is 2.24. The van der Waals surface area contributed by atoms with E-state index in [1.165, 1.54) is 11.1 Å². The van der Waals surface area contributed by atoms with Crippen molar-refractivity contribution < 1.29 is 0 Å². The van der Waals surface area contributed by atoms with Crippen molar-refractivity contribution in [3.8, 4) is 0 Å². The lowest BCUT2D eigenvalue weighted by Gasteiger charge is -2.21. The van der Waals surface area contributed by atoms with Gasteiger partial charge in [0.25, 0.3) is 0 Å². The maximum Gasteiger partial charge on any atom is 0.00342 e. The molecule has 0 heteroatoms. The van der Waals surface area contributed by atoms with Crippen molar-refractivity contribution in [3.63, 3.8) is 0 Å². The van der Waals surface area contributed by atoms with Crippen LogP contribution in [0, 0.1) is 17.3 Å². The summed E-state index contributed by atoms with van der Waals surface area (Å²) in [6.45, 7) is 13.7. The lowest BCUT2D eigenvalue weighted by Crippen LogP contribution is -2.08. The molecule has 0 spiro atoms. The zero-order chi connectivity index (χ0) is 10.2. The first-order valence-corrected chi connectivity index (χ1v) is 5.23. The highest BCUT2D eigenvalue weighted by molar-refractivity contribution is 5.26. The van der Waals surface area contributed by atoms with Gasteiger partial charge >= 0.3 is 0 Å². The van der Waals surface area contributed by atoms with E-state index in [0.29, 0.717) is 11.8 Å². The van der Waals surface area contributed by atoms with Crippen molar-refractivity contribution in [2.24, 2.45) is 17.3 Å². The quantitative estimate of drug-likeness (QED) is 0.488. The Labute approximate surface area is 82.7 Å². The summed E-state index contributed by atoms with van der Waals surface area (Å²) in [6.07, 6.45) is 4.85. The summed E-state index contributed by atoms with van der Waals surface area (Å²) in [5.41, 5.74) is 3.29. The van der Waals surface area contributed by atoms with Crippen LogP contribution in [0.1, 0.15) is 41.5 Å². The van der Waals surface area contributed by atoms with Crippen LogP contribution in [0.15, 0.2) is 23.3 Å². The van der Waals surface area contributed by atoms with E-state index in [9.17, 15) is 0 Å². The summed E-state index contributed by atoms with van der Waals surface area (Å²) in [5.74, 6) is 1.37. The van der Waals surface area contributed by atoms with Gasteiger partial charge in [-0.2, -0.15) is 0 Å². The molecule has 0 amide bonds. The van der Waals surface area contributed by atoms with Crippen molar-refractivity contribution >= 4 is 0 Å². The molecule has 0 radical (unpaired) electrons. The average Bonchev–Trinajstić information content (AvgIpc) is 2.05. The van der Waals surface area contributed by atoms with Crippen molar-refractivity contribution in [2.75, 3.05) is 0 Å². The van der Waals surface area contributed by atoms with Gasteiger partial charge < -0.3 is 0 Å². The Morgan fingerprint density at radius 1 is 1.15 bits per heavy atom. The minimum atomic E-state index is 0.253. The first-order chi connectivity index (χ1) is 5.84. The summed E-state index contributed by atoms with van der Waals surface area (Å²) in [7, 11) is 0. The molecule has 0 aromatic rings. The smallest absolute Gasteiger partial charge is 0.00342 e. The number of allylic oxidation sites excluding steroid dienone is 4. The van der Waals surface area contributed by atoms with Gasteiger partial charge in [0.15, 0.2) is 0 Å². The van der Waals surface area contributed by atoms with E-state index in [1.807, 2.05) is 0 Å². The van der Waals surface area contributed by atoms with Crippen LogP contribution in [-0.4, -0.2) is 0 Å². The monoisotopic (exact) mass is 178 g/mol. The van der Waals surface area contributed by atoms with Gasteiger partial charge in [0.05, 0.1) is 0 Å². The normalized spacial score (nSPS) is 33.4. The van der Waals surface area contributed by atoms with E-state index in [0.717, 1.165) is 0 Å². The molecule has 0 aliphatic heterocycles.